The van der Waals surface area contributed by atoms with E-state index in [9.17, 15) is 18.7 Å². The molecule has 0 saturated heterocycles. The van der Waals surface area contributed by atoms with E-state index in [0.29, 0.717) is 0 Å². The Labute approximate surface area is 115 Å². The summed E-state index contributed by atoms with van der Waals surface area (Å²) in [6.45, 7) is 0. The number of carbonyl (C=O) groups is 1. The molecule has 1 N–H and O–H groups in total. The Hall–Kier alpha value is -2.23. The Bertz CT molecular complexity index is 576. The molecule has 1 atom stereocenters. The van der Waals surface area contributed by atoms with Gasteiger partial charge in [0.25, 0.3) is 0 Å². The van der Waals surface area contributed by atoms with Gasteiger partial charge >= 0.3 is 5.97 Å². The fraction of sp³-hybridized carbons (Fsp3) is 0.188. The van der Waals surface area contributed by atoms with Crippen molar-refractivity contribution in [2.45, 2.75) is 12.8 Å². The lowest BCUT2D eigenvalue weighted by molar-refractivity contribution is -0.141. The van der Waals surface area contributed by atoms with Crippen molar-refractivity contribution in [3.05, 3.63) is 71.3 Å². The Morgan fingerprint density at radius 2 is 1.55 bits per heavy atom. The van der Waals surface area contributed by atoms with Gasteiger partial charge in [-0.1, -0.05) is 36.4 Å². The van der Waals surface area contributed by atoms with Gasteiger partial charge in [0, 0.05) is 5.56 Å². The molecular weight excluding hydrogens is 262 g/mol. The second-order valence-electron chi connectivity index (χ2n) is 4.63. The molecule has 0 spiro atoms. The topological polar surface area (TPSA) is 37.3 Å². The quantitative estimate of drug-likeness (QED) is 0.908. The van der Waals surface area contributed by atoms with E-state index in [1.807, 2.05) is 6.07 Å². The summed E-state index contributed by atoms with van der Waals surface area (Å²) in [5, 5.41) is 9.23. The molecule has 4 heteroatoms. The molecule has 2 aromatic rings. The van der Waals surface area contributed by atoms with Gasteiger partial charge in [0.2, 0.25) is 0 Å². The molecule has 2 rings (SSSR count). The minimum absolute atomic E-state index is 0.164. The average molecular weight is 276 g/mol. The molecule has 0 radical (unpaired) electrons. The molecule has 104 valence electrons. The van der Waals surface area contributed by atoms with Crippen LogP contribution < -0.4 is 0 Å². The number of aliphatic carboxylic acids is 1. The van der Waals surface area contributed by atoms with Gasteiger partial charge in [0.1, 0.15) is 11.6 Å². The first-order chi connectivity index (χ1) is 9.58. The Balaban J connectivity index is 2.20. The second-order valence-corrected chi connectivity index (χ2v) is 4.63. The number of rotatable bonds is 5. The summed E-state index contributed by atoms with van der Waals surface area (Å²) >= 11 is 0. The third-order valence-corrected chi connectivity index (χ3v) is 3.19. The first kappa shape index (κ1) is 14.2. The molecule has 2 nitrogen and oxygen atoms in total. The van der Waals surface area contributed by atoms with Gasteiger partial charge in [0.15, 0.2) is 0 Å². The van der Waals surface area contributed by atoms with E-state index in [1.54, 1.807) is 24.3 Å². The summed E-state index contributed by atoms with van der Waals surface area (Å²) in [5.41, 5.74) is 0.660. The minimum Gasteiger partial charge on any atom is -0.481 e. The SMILES string of the molecule is O=C(O)C(Cc1ccccc1)Cc1c(F)cccc1F. The lowest BCUT2D eigenvalue weighted by Crippen LogP contribution is -2.20. The molecule has 0 bridgehead atoms. The van der Waals surface area contributed by atoms with Gasteiger partial charge in [-0.05, 0) is 30.5 Å². The van der Waals surface area contributed by atoms with Gasteiger partial charge in [-0.15, -0.1) is 0 Å². The lowest BCUT2D eigenvalue weighted by atomic mass is 9.92. The van der Waals surface area contributed by atoms with Crippen molar-refractivity contribution in [1.29, 1.82) is 0 Å². The molecule has 0 aromatic heterocycles. The Morgan fingerprint density at radius 1 is 0.950 bits per heavy atom. The van der Waals surface area contributed by atoms with Crippen LogP contribution in [-0.2, 0) is 17.6 Å². The summed E-state index contributed by atoms with van der Waals surface area (Å²) in [6, 6.07) is 12.6. The standard InChI is InChI=1S/C16H14F2O2/c17-14-7-4-8-15(18)13(14)10-12(16(19)20)9-11-5-2-1-3-6-11/h1-8,12H,9-10H2,(H,19,20). The average Bonchev–Trinajstić information content (AvgIpc) is 2.42. The van der Waals surface area contributed by atoms with Crippen LogP contribution in [-0.4, -0.2) is 11.1 Å². The molecule has 0 aliphatic rings. The highest BCUT2D eigenvalue weighted by Gasteiger charge is 2.22. The minimum atomic E-state index is -1.06. The number of hydrogen-bond donors (Lipinski definition) is 1. The van der Waals surface area contributed by atoms with E-state index in [1.165, 1.54) is 6.07 Å². The van der Waals surface area contributed by atoms with E-state index in [2.05, 4.69) is 0 Å². The van der Waals surface area contributed by atoms with Crippen LogP contribution in [0.1, 0.15) is 11.1 Å². The molecule has 0 aliphatic carbocycles. The fourth-order valence-corrected chi connectivity index (χ4v) is 2.12. The zero-order chi connectivity index (χ0) is 14.5. The normalized spacial score (nSPS) is 12.1. The first-order valence-electron chi connectivity index (χ1n) is 6.27. The highest BCUT2D eigenvalue weighted by molar-refractivity contribution is 5.71. The van der Waals surface area contributed by atoms with Crippen molar-refractivity contribution in [3.8, 4) is 0 Å². The predicted octanol–water partition coefficient (Wildman–Crippen LogP) is 3.45. The van der Waals surface area contributed by atoms with Crippen molar-refractivity contribution in [1.82, 2.24) is 0 Å². The van der Waals surface area contributed by atoms with Gasteiger partial charge in [-0.25, -0.2) is 8.78 Å². The molecule has 1 unspecified atom stereocenters. The smallest absolute Gasteiger partial charge is 0.307 e. The maximum atomic E-state index is 13.6. The van der Waals surface area contributed by atoms with Crippen LogP contribution in [0.2, 0.25) is 0 Å². The number of benzene rings is 2. The van der Waals surface area contributed by atoms with Crippen molar-refractivity contribution in [2.24, 2.45) is 5.92 Å². The van der Waals surface area contributed by atoms with Crippen LogP contribution in [0.5, 0.6) is 0 Å². The Kier molecular flexibility index (Phi) is 4.45. The molecule has 0 saturated carbocycles. The van der Waals surface area contributed by atoms with Gasteiger partial charge in [-0.2, -0.15) is 0 Å². The molecule has 0 aliphatic heterocycles. The molecule has 0 fully saturated rings. The number of halogens is 2. The highest BCUT2D eigenvalue weighted by atomic mass is 19.1. The maximum absolute atomic E-state index is 13.6. The zero-order valence-electron chi connectivity index (χ0n) is 10.7. The third kappa shape index (κ3) is 3.41. The van der Waals surface area contributed by atoms with Crippen molar-refractivity contribution < 1.29 is 18.7 Å². The van der Waals surface area contributed by atoms with Crippen LogP contribution >= 0.6 is 0 Å². The molecule has 2 aromatic carbocycles. The molecular formula is C16H14F2O2. The summed E-state index contributed by atoms with van der Waals surface area (Å²) in [7, 11) is 0. The highest BCUT2D eigenvalue weighted by Crippen LogP contribution is 2.20. The van der Waals surface area contributed by atoms with Gasteiger partial charge in [0.05, 0.1) is 5.92 Å². The summed E-state index contributed by atoms with van der Waals surface area (Å²) < 4.78 is 27.2. The monoisotopic (exact) mass is 276 g/mol. The van der Waals surface area contributed by atoms with Crippen molar-refractivity contribution in [3.63, 3.8) is 0 Å². The molecule has 0 amide bonds. The molecule has 20 heavy (non-hydrogen) atoms. The maximum Gasteiger partial charge on any atom is 0.307 e. The second kappa shape index (κ2) is 6.28. The number of carboxylic acids is 1. The van der Waals surface area contributed by atoms with Gasteiger partial charge < -0.3 is 5.11 Å². The summed E-state index contributed by atoms with van der Waals surface area (Å²) in [6.07, 6.45) is 0.0761. The fourth-order valence-electron chi connectivity index (χ4n) is 2.12. The van der Waals surface area contributed by atoms with E-state index in [0.717, 1.165) is 17.7 Å². The van der Waals surface area contributed by atoms with E-state index in [-0.39, 0.29) is 18.4 Å². The zero-order valence-corrected chi connectivity index (χ0v) is 10.7. The van der Waals surface area contributed by atoms with E-state index < -0.39 is 23.5 Å². The van der Waals surface area contributed by atoms with Crippen LogP contribution in [0.15, 0.2) is 48.5 Å². The summed E-state index contributed by atoms with van der Waals surface area (Å²) in [5.74, 6) is -3.33. The summed E-state index contributed by atoms with van der Waals surface area (Å²) in [4.78, 5) is 11.3. The van der Waals surface area contributed by atoms with Crippen molar-refractivity contribution in [2.75, 3.05) is 0 Å². The van der Waals surface area contributed by atoms with Crippen molar-refractivity contribution >= 4 is 5.97 Å². The largest absolute Gasteiger partial charge is 0.481 e. The number of carboxylic acid groups (broad SMARTS) is 1. The van der Waals surface area contributed by atoms with Gasteiger partial charge in [-0.3, -0.25) is 4.79 Å². The molecule has 0 heterocycles. The Morgan fingerprint density at radius 3 is 2.10 bits per heavy atom. The number of hydrogen-bond acceptors (Lipinski definition) is 1. The van der Waals surface area contributed by atoms with Crippen LogP contribution in [0.25, 0.3) is 0 Å². The van der Waals surface area contributed by atoms with Crippen LogP contribution in [0.4, 0.5) is 8.78 Å². The van der Waals surface area contributed by atoms with E-state index in [4.69, 9.17) is 0 Å². The van der Waals surface area contributed by atoms with Crippen LogP contribution in [0.3, 0.4) is 0 Å². The lowest BCUT2D eigenvalue weighted by Gasteiger charge is -2.13. The predicted molar refractivity (Wildman–Crippen MR) is 71.3 cm³/mol. The van der Waals surface area contributed by atoms with Crippen LogP contribution in [0, 0.1) is 17.6 Å². The van der Waals surface area contributed by atoms with E-state index >= 15 is 0 Å². The first-order valence-corrected chi connectivity index (χ1v) is 6.27. The third-order valence-electron chi connectivity index (χ3n) is 3.19.